The summed E-state index contributed by atoms with van der Waals surface area (Å²) >= 11 is 3.46. The maximum Gasteiger partial charge on any atom is 0.231 e. The first kappa shape index (κ1) is 10.6. The summed E-state index contributed by atoms with van der Waals surface area (Å²) in [5.41, 5.74) is 7.48. The minimum atomic E-state index is 0.259. The molecule has 2 aliphatic heterocycles. The molecular formula is C11H10BrN3O2. The molecule has 17 heavy (non-hydrogen) atoms. The lowest BCUT2D eigenvalue weighted by molar-refractivity contribution is 0.173. The number of hydrogen-bond donors (Lipinski definition) is 1. The fraction of sp³-hybridized carbons (Fsp3) is 0.273. The van der Waals surface area contributed by atoms with E-state index >= 15 is 0 Å². The van der Waals surface area contributed by atoms with Crippen LogP contribution in [0.15, 0.2) is 26.8 Å². The third-order valence-electron chi connectivity index (χ3n) is 2.68. The first-order valence-electron chi connectivity index (χ1n) is 5.22. The zero-order chi connectivity index (χ0) is 11.8. The molecule has 0 radical (unpaired) electrons. The summed E-state index contributed by atoms with van der Waals surface area (Å²) in [6.07, 6.45) is 1.53. The molecule has 0 saturated carbocycles. The van der Waals surface area contributed by atoms with E-state index < -0.39 is 0 Å². The molecule has 5 nitrogen and oxygen atoms in total. The third kappa shape index (κ3) is 1.88. The highest BCUT2D eigenvalue weighted by Gasteiger charge is 2.20. The first-order chi connectivity index (χ1) is 8.24. The van der Waals surface area contributed by atoms with Gasteiger partial charge in [0, 0.05) is 12.0 Å². The first-order valence-corrected chi connectivity index (χ1v) is 6.02. The van der Waals surface area contributed by atoms with Crippen LogP contribution in [-0.4, -0.2) is 18.3 Å². The van der Waals surface area contributed by atoms with E-state index in [0.29, 0.717) is 5.84 Å². The molecule has 0 bridgehead atoms. The topological polar surface area (TPSA) is 69.2 Å². The van der Waals surface area contributed by atoms with E-state index in [1.54, 1.807) is 0 Å². The minimum Gasteiger partial charge on any atom is -0.454 e. The van der Waals surface area contributed by atoms with Gasteiger partial charge in [-0.1, -0.05) is 0 Å². The Hall–Kier alpha value is -1.56. The molecule has 88 valence electrons. The summed E-state index contributed by atoms with van der Waals surface area (Å²) in [6.45, 7) is 0.259. The summed E-state index contributed by atoms with van der Waals surface area (Å²) < 4.78 is 11.6. The Labute approximate surface area is 106 Å². The van der Waals surface area contributed by atoms with Crippen LogP contribution in [0, 0.1) is 0 Å². The Balaban J connectivity index is 2.02. The maximum atomic E-state index is 5.58. The zero-order valence-corrected chi connectivity index (χ0v) is 10.5. The summed E-state index contributed by atoms with van der Waals surface area (Å²) in [4.78, 5) is 0. The monoisotopic (exact) mass is 295 g/mol. The van der Waals surface area contributed by atoms with E-state index in [1.807, 2.05) is 12.1 Å². The summed E-state index contributed by atoms with van der Waals surface area (Å²) in [6, 6.07) is 3.88. The number of halogens is 1. The number of amidine groups is 1. The van der Waals surface area contributed by atoms with Crippen molar-refractivity contribution in [1.29, 1.82) is 0 Å². The fourth-order valence-electron chi connectivity index (χ4n) is 1.81. The van der Waals surface area contributed by atoms with E-state index in [1.165, 1.54) is 0 Å². The van der Waals surface area contributed by atoms with Gasteiger partial charge in [-0.25, -0.2) is 0 Å². The SMILES string of the molecule is NC1=NN=C(c2cc(Br)c3c(c2)OCO3)CC1. The Kier molecular flexibility index (Phi) is 2.51. The van der Waals surface area contributed by atoms with Crippen molar-refractivity contribution in [2.75, 3.05) is 6.79 Å². The van der Waals surface area contributed by atoms with Crippen LogP contribution in [0.25, 0.3) is 0 Å². The average Bonchev–Trinajstić information content (AvgIpc) is 2.78. The number of nitrogens with zero attached hydrogens (tertiary/aromatic N) is 2. The van der Waals surface area contributed by atoms with E-state index in [0.717, 1.165) is 40.1 Å². The summed E-state index contributed by atoms with van der Waals surface area (Å²) in [5.74, 6) is 2.06. The molecule has 1 aromatic rings. The highest BCUT2D eigenvalue weighted by Crippen LogP contribution is 2.40. The van der Waals surface area contributed by atoms with Crippen LogP contribution in [0.1, 0.15) is 18.4 Å². The van der Waals surface area contributed by atoms with Crippen molar-refractivity contribution >= 4 is 27.5 Å². The Bertz CT molecular complexity index is 540. The number of fused-ring (bicyclic) bond motifs is 1. The molecule has 2 heterocycles. The molecule has 6 heteroatoms. The van der Waals surface area contributed by atoms with Gasteiger partial charge in [0.1, 0.15) is 5.84 Å². The van der Waals surface area contributed by atoms with Gasteiger partial charge in [0.2, 0.25) is 6.79 Å². The van der Waals surface area contributed by atoms with Gasteiger partial charge in [-0.2, -0.15) is 5.10 Å². The van der Waals surface area contributed by atoms with E-state index in [9.17, 15) is 0 Å². The molecule has 0 aromatic heterocycles. The van der Waals surface area contributed by atoms with Gasteiger partial charge in [-0.3, -0.25) is 0 Å². The van der Waals surface area contributed by atoms with Gasteiger partial charge >= 0.3 is 0 Å². The van der Waals surface area contributed by atoms with Crippen molar-refractivity contribution in [3.05, 3.63) is 22.2 Å². The lowest BCUT2D eigenvalue weighted by atomic mass is 10.0. The average molecular weight is 296 g/mol. The molecule has 0 spiro atoms. The van der Waals surface area contributed by atoms with Crippen molar-refractivity contribution in [2.24, 2.45) is 15.9 Å². The highest BCUT2D eigenvalue weighted by molar-refractivity contribution is 9.10. The minimum absolute atomic E-state index is 0.259. The van der Waals surface area contributed by atoms with E-state index in [4.69, 9.17) is 15.2 Å². The molecule has 0 amide bonds. The third-order valence-corrected chi connectivity index (χ3v) is 3.27. The Morgan fingerprint density at radius 2 is 2.06 bits per heavy atom. The normalized spacial score (nSPS) is 17.7. The van der Waals surface area contributed by atoms with Crippen molar-refractivity contribution in [2.45, 2.75) is 12.8 Å². The molecule has 3 rings (SSSR count). The second-order valence-electron chi connectivity index (χ2n) is 3.83. The second kappa shape index (κ2) is 4.03. The second-order valence-corrected chi connectivity index (χ2v) is 4.68. The largest absolute Gasteiger partial charge is 0.454 e. The Morgan fingerprint density at radius 1 is 1.18 bits per heavy atom. The molecule has 0 fully saturated rings. The smallest absolute Gasteiger partial charge is 0.231 e. The zero-order valence-electron chi connectivity index (χ0n) is 8.94. The Morgan fingerprint density at radius 3 is 2.82 bits per heavy atom. The van der Waals surface area contributed by atoms with Crippen molar-refractivity contribution in [3.8, 4) is 11.5 Å². The van der Waals surface area contributed by atoms with Gasteiger partial charge in [-0.05, 0) is 34.5 Å². The molecule has 0 unspecified atom stereocenters. The van der Waals surface area contributed by atoms with Crippen LogP contribution in [0.4, 0.5) is 0 Å². The molecule has 0 saturated heterocycles. The van der Waals surface area contributed by atoms with Crippen molar-refractivity contribution in [3.63, 3.8) is 0 Å². The van der Waals surface area contributed by atoms with Crippen LogP contribution in [0.2, 0.25) is 0 Å². The van der Waals surface area contributed by atoms with Gasteiger partial charge in [0.05, 0.1) is 10.2 Å². The van der Waals surface area contributed by atoms with Gasteiger partial charge in [0.15, 0.2) is 11.5 Å². The van der Waals surface area contributed by atoms with Crippen LogP contribution in [0.3, 0.4) is 0 Å². The van der Waals surface area contributed by atoms with Crippen LogP contribution in [-0.2, 0) is 0 Å². The molecule has 0 atom stereocenters. The molecule has 0 aliphatic carbocycles. The quantitative estimate of drug-likeness (QED) is 0.862. The summed E-state index contributed by atoms with van der Waals surface area (Å²) in [7, 11) is 0. The van der Waals surface area contributed by atoms with Crippen molar-refractivity contribution < 1.29 is 9.47 Å². The molecule has 2 aliphatic rings. The highest BCUT2D eigenvalue weighted by atomic mass is 79.9. The lowest BCUT2D eigenvalue weighted by Gasteiger charge is -2.10. The predicted molar refractivity (Wildman–Crippen MR) is 67.7 cm³/mol. The molecule has 1 aromatic carbocycles. The van der Waals surface area contributed by atoms with Gasteiger partial charge in [-0.15, -0.1) is 5.10 Å². The number of benzene rings is 1. The predicted octanol–water partition coefficient (Wildman–Crippen LogP) is 2.03. The van der Waals surface area contributed by atoms with Crippen LogP contribution < -0.4 is 15.2 Å². The maximum absolute atomic E-state index is 5.58. The fourth-order valence-corrected chi connectivity index (χ4v) is 2.36. The van der Waals surface area contributed by atoms with Crippen molar-refractivity contribution in [1.82, 2.24) is 0 Å². The molecular weight excluding hydrogens is 286 g/mol. The van der Waals surface area contributed by atoms with E-state index in [-0.39, 0.29) is 6.79 Å². The van der Waals surface area contributed by atoms with Gasteiger partial charge < -0.3 is 15.2 Å². The standard InChI is InChI=1S/C11H10BrN3O2/c12-7-3-6(4-9-11(7)17-5-16-9)8-1-2-10(13)15-14-8/h3-4H,1-2,5H2,(H2,13,15). The van der Waals surface area contributed by atoms with Crippen LogP contribution >= 0.6 is 15.9 Å². The lowest BCUT2D eigenvalue weighted by Crippen LogP contribution is -2.17. The number of rotatable bonds is 1. The van der Waals surface area contributed by atoms with Crippen LogP contribution in [0.5, 0.6) is 11.5 Å². The molecule has 2 N–H and O–H groups in total. The number of ether oxygens (including phenoxy) is 2. The van der Waals surface area contributed by atoms with E-state index in [2.05, 4.69) is 26.1 Å². The van der Waals surface area contributed by atoms with Gasteiger partial charge in [0.25, 0.3) is 0 Å². The number of nitrogens with two attached hydrogens (primary N) is 1. The summed E-state index contributed by atoms with van der Waals surface area (Å²) in [5, 5.41) is 8.02. The number of hydrogen-bond acceptors (Lipinski definition) is 5.